The van der Waals surface area contributed by atoms with E-state index in [0.717, 1.165) is 18.0 Å². The van der Waals surface area contributed by atoms with E-state index in [4.69, 9.17) is 21.1 Å². The molecule has 32 heavy (non-hydrogen) atoms. The Kier molecular flexibility index (Phi) is 5.99. The Bertz CT molecular complexity index is 876. The number of nitrogens with one attached hydrogen (secondary N) is 1. The van der Waals surface area contributed by atoms with Gasteiger partial charge in [-0.1, -0.05) is 25.4 Å². The molecule has 4 fully saturated rings. The molecule has 0 saturated heterocycles. The Morgan fingerprint density at radius 2 is 1.81 bits per heavy atom. The number of rotatable bonds is 7. The van der Waals surface area contributed by atoms with Crippen molar-refractivity contribution in [2.75, 3.05) is 13.7 Å². The van der Waals surface area contributed by atoms with Gasteiger partial charge in [-0.2, -0.15) is 0 Å². The molecule has 0 heterocycles. The smallest absolute Gasteiger partial charge is 0.258 e. The van der Waals surface area contributed by atoms with Crippen molar-refractivity contribution in [1.29, 1.82) is 0 Å². The first-order valence-corrected chi connectivity index (χ1v) is 12.3. The molecule has 4 saturated carbocycles. The molecule has 178 valence electrons. The van der Waals surface area contributed by atoms with Gasteiger partial charge in [0.05, 0.1) is 17.7 Å². The summed E-state index contributed by atoms with van der Waals surface area (Å²) in [6.07, 6.45) is 8.19. The topological polar surface area (TPSA) is 64.2 Å². The zero-order valence-corrected chi connectivity index (χ0v) is 21.3. The summed E-state index contributed by atoms with van der Waals surface area (Å²) in [5.74, 6) is 1.70. The average Bonchev–Trinajstić information content (AvgIpc) is 2.60. The van der Waals surface area contributed by atoms with E-state index in [0.29, 0.717) is 32.9 Å². The number of nitrogens with two attached hydrogens (primary N) is 1. The van der Waals surface area contributed by atoms with Crippen LogP contribution in [0, 0.1) is 16.7 Å². The predicted octanol–water partition coefficient (Wildman–Crippen LogP) is 4.45. The summed E-state index contributed by atoms with van der Waals surface area (Å²) in [5, 5.41) is 5.96. The van der Waals surface area contributed by atoms with Crippen molar-refractivity contribution < 1.29 is 19.6 Å². The molecule has 4 bridgehead atoms. The zero-order valence-electron chi connectivity index (χ0n) is 20.6. The Morgan fingerprint density at radius 1 is 1.16 bits per heavy atom. The van der Waals surface area contributed by atoms with Crippen LogP contribution in [-0.4, -0.2) is 30.7 Å². The van der Waals surface area contributed by atoms with Crippen LogP contribution in [-0.2, 0) is 11.3 Å². The van der Waals surface area contributed by atoms with Crippen LogP contribution in [0.1, 0.15) is 78.7 Å². The highest BCUT2D eigenvalue weighted by atomic mass is 35.5. The van der Waals surface area contributed by atoms with Crippen LogP contribution < -0.4 is 20.1 Å². The van der Waals surface area contributed by atoms with E-state index in [9.17, 15) is 4.79 Å². The van der Waals surface area contributed by atoms with Crippen LogP contribution in [0.25, 0.3) is 0 Å². The van der Waals surface area contributed by atoms with Crippen molar-refractivity contribution >= 4 is 17.5 Å². The average molecular weight is 464 g/mol. The van der Waals surface area contributed by atoms with Crippen molar-refractivity contribution in [2.45, 2.75) is 90.8 Å². The van der Waals surface area contributed by atoms with Gasteiger partial charge < -0.3 is 20.1 Å². The van der Waals surface area contributed by atoms with Gasteiger partial charge in [0.25, 0.3) is 5.91 Å². The van der Waals surface area contributed by atoms with Crippen molar-refractivity contribution in [3.8, 4) is 11.5 Å². The van der Waals surface area contributed by atoms with E-state index in [1.54, 1.807) is 7.11 Å². The quantitative estimate of drug-likeness (QED) is 0.627. The minimum atomic E-state index is -0.306. The molecule has 5 nitrogen and oxygen atoms in total. The molecule has 2 unspecified atom stereocenters. The summed E-state index contributed by atoms with van der Waals surface area (Å²) in [5.41, 5.74) is 2.18. The Morgan fingerprint density at radius 3 is 2.38 bits per heavy atom. The molecule has 1 aromatic rings. The van der Waals surface area contributed by atoms with Crippen molar-refractivity contribution in [3.05, 3.63) is 22.7 Å². The molecular formula is C26H40ClN2O3+. The van der Waals surface area contributed by atoms with Gasteiger partial charge in [-0.15, -0.1) is 0 Å². The molecule has 1 aromatic carbocycles. The number of hydrogen-bond donors (Lipinski definition) is 2. The van der Waals surface area contributed by atoms with E-state index >= 15 is 0 Å². The number of methoxy groups -OCH3 is 1. The molecule has 6 heteroatoms. The molecule has 4 aliphatic rings. The lowest BCUT2D eigenvalue weighted by Crippen LogP contribution is -2.98. The zero-order chi connectivity index (χ0) is 23.4. The van der Waals surface area contributed by atoms with Crippen LogP contribution in [0.3, 0.4) is 0 Å². The number of benzene rings is 1. The van der Waals surface area contributed by atoms with Gasteiger partial charge >= 0.3 is 0 Å². The largest absolute Gasteiger partial charge is 0.493 e. The molecule has 0 aromatic heterocycles. The fourth-order valence-corrected chi connectivity index (χ4v) is 8.01. The van der Waals surface area contributed by atoms with Crippen LogP contribution in [0.2, 0.25) is 5.02 Å². The second-order valence-corrected chi connectivity index (χ2v) is 13.0. The monoisotopic (exact) mass is 463 g/mol. The van der Waals surface area contributed by atoms with Crippen LogP contribution in [0.4, 0.5) is 0 Å². The number of carbonyl (C=O) groups excluding carboxylic acids is 1. The van der Waals surface area contributed by atoms with Crippen molar-refractivity contribution in [3.63, 3.8) is 0 Å². The third-order valence-electron chi connectivity index (χ3n) is 7.59. The Hall–Kier alpha value is -1.46. The molecule has 4 atom stereocenters. The van der Waals surface area contributed by atoms with Crippen LogP contribution in [0.15, 0.2) is 12.1 Å². The highest BCUT2D eigenvalue weighted by Crippen LogP contribution is 2.65. The van der Waals surface area contributed by atoms with E-state index < -0.39 is 0 Å². The highest BCUT2D eigenvalue weighted by Gasteiger charge is 2.62. The second-order valence-electron chi connectivity index (χ2n) is 12.6. The normalized spacial score (nSPS) is 33.3. The molecule has 3 N–H and O–H groups in total. The lowest BCUT2D eigenvalue weighted by molar-refractivity contribution is -0.755. The molecule has 4 aliphatic carbocycles. The molecule has 5 rings (SSSR count). The van der Waals surface area contributed by atoms with Gasteiger partial charge in [-0.05, 0) is 68.9 Å². The molecular weight excluding hydrogens is 424 g/mol. The van der Waals surface area contributed by atoms with Crippen LogP contribution in [0.5, 0.6) is 11.5 Å². The van der Waals surface area contributed by atoms with E-state index in [1.807, 2.05) is 32.9 Å². The maximum Gasteiger partial charge on any atom is 0.258 e. The molecule has 0 aliphatic heterocycles. The summed E-state index contributed by atoms with van der Waals surface area (Å²) < 4.78 is 11.3. The maximum atomic E-state index is 12.1. The Balaban J connectivity index is 1.44. The van der Waals surface area contributed by atoms with Gasteiger partial charge in [0, 0.05) is 30.4 Å². The number of halogens is 1. The maximum absolute atomic E-state index is 12.1. The van der Waals surface area contributed by atoms with Crippen LogP contribution >= 0.6 is 11.6 Å². The highest BCUT2D eigenvalue weighted by molar-refractivity contribution is 6.32. The summed E-state index contributed by atoms with van der Waals surface area (Å²) in [6, 6.07) is 3.96. The predicted molar refractivity (Wildman–Crippen MR) is 127 cm³/mol. The summed E-state index contributed by atoms with van der Waals surface area (Å²) >= 11 is 6.58. The number of carbonyl (C=O) groups is 1. The fraction of sp³-hybridized carbons (Fsp3) is 0.731. The van der Waals surface area contributed by atoms with Crippen molar-refractivity contribution in [1.82, 2.24) is 5.32 Å². The van der Waals surface area contributed by atoms with E-state index in [-0.39, 0.29) is 18.1 Å². The third-order valence-corrected chi connectivity index (χ3v) is 7.87. The number of hydrogen-bond acceptors (Lipinski definition) is 3. The van der Waals surface area contributed by atoms with E-state index in [1.165, 1.54) is 38.5 Å². The summed E-state index contributed by atoms with van der Waals surface area (Å²) in [4.78, 5) is 12.1. The lowest BCUT2D eigenvalue weighted by Gasteiger charge is -2.63. The Labute approximate surface area is 198 Å². The first-order chi connectivity index (χ1) is 14.8. The number of quaternary nitrogens is 1. The second kappa shape index (κ2) is 8.09. The number of amides is 1. The van der Waals surface area contributed by atoms with Gasteiger partial charge in [0.2, 0.25) is 0 Å². The van der Waals surface area contributed by atoms with Gasteiger partial charge in [0.15, 0.2) is 18.1 Å². The van der Waals surface area contributed by atoms with Gasteiger partial charge in [0.1, 0.15) is 6.54 Å². The van der Waals surface area contributed by atoms with Gasteiger partial charge in [-0.3, -0.25) is 4.79 Å². The van der Waals surface area contributed by atoms with Crippen molar-refractivity contribution in [2.24, 2.45) is 16.7 Å². The third kappa shape index (κ3) is 5.04. The van der Waals surface area contributed by atoms with Gasteiger partial charge in [-0.25, -0.2) is 0 Å². The molecule has 1 amide bonds. The first-order valence-electron chi connectivity index (χ1n) is 12.0. The summed E-state index contributed by atoms with van der Waals surface area (Å²) in [7, 11) is 1.61. The minimum Gasteiger partial charge on any atom is -0.493 e. The standard InChI is InChI=1S/C26H39ClN2O3/c1-23(2,3)29-21(30)13-32-22-19(27)7-17(8-20(22)31-6)12-28-26-11-18-9-24(4,15-26)14-25(5,10-18)16-26/h7-8,18,28H,9-16H2,1-6H3,(H,29,30)/p+1/t18?,24-,25+,26?. The lowest BCUT2D eigenvalue weighted by atomic mass is 9.43. The number of ether oxygens (including phenoxy) is 2. The molecule has 0 radical (unpaired) electrons. The summed E-state index contributed by atoms with van der Waals surface area (Å²) in [6.45, 7) is 11.6. The van der Waals surface area contributed by atoms with E-state index in [2.05, 4.69) is 24.5 Å². The molecule has 0 spiro atoms. The minimum absolute atomic E-state index is 0.0967. The first kappa shape index (κ1) is 23.7. The fourth-order valence-electron chi connectivity index (χ4n) is 7.72. The SMILES string of the molecule is COc1cc(C[NH2+]C23CC4C[C@@](C)(C2)C[C@](C)(C4)C3)cc(Cl)c1OCC(=O)NC(C)(C)C.